The average molecular weight is 286 g/mol. The van der Waals surface area contributed by atoms with Crippen molar-refractivity contribution in [2.45, 2.75) is 19.4 Å². The number of hydrogen-bond acceptors (Lipinski definition) is 5. The summed E-state index contributed by atoms with van der Waals surface area (Å²) in [6.07, 6.45) is 1.64. The lowest BCUT2D eigenvalue weighted by atomic mass is 10.1. The molecule has 3 rings (SSSR count). The number of benzene rings is 1. The lowest BCUT2D eigenvalue weighted by Crippen LogP contribution is -2.50. The second-order valence-electron chi connectivity index (χ2n) is 6.29. The molecule has 0 radical (unpaired) electrons. The first-order chi connectivity index (χ1) is 10.0. The average Bonchev–Trinajstić information content (AvgIpc) is 2.46. The summed E-state index contributed by atoms with van der Waals surface area (Å²) in [6.45, 7) is 8.18. The maximum absolute atomic E-state index is 9.92. The van der Waals surface area contributed by atoms with E-state index in [0.29, 0.717) is 6.54 Å². The molecule has 2 aromatic rings. The van der Waals surface area contributed by atoms with Gasteiger partial charge in [0.2, 0.25) is 0 Å². The minimum Gasteiger partial charge on any atom is -0.389 e. The Kier molecular flexibility index (Phi) is 3.78. The van der Waals surface area contributed by atoms with Crippen molar-refractivity contribution < 1.29 is 5.11 Å². The predicted molar refractivity (Wildman–Crippen MR) is 84.5 cm³/mol. The molecule has 5 nitrogen and oxygen atoms in total. The van der Waals surface area contributed by atoms with E-state index in [1.807, 2.05) is 32.0 Å². The molecule has 5 heteroatoms. The Morgan fingerprint density at radius 1 is 1.10 bits per heavy atom. The molecule has 1 saturated heterocycles. The van der Waals surface area contributed by atoms with Crippen molar-refractivity contribution in [2.75, 3.05) is 37.6 Å². The van der Waals surface area contributed by atoms with Gasteiger partial charge in [-0.25, -0.2) is 9.97 Å². The minimum atomic E-state index is -0.635. The maximum atomic E-state index is 9.92. The summed E-state index contributed by atoms with van der Waals surface area (Å²) in [6, 6.07) is 8.12. The predicted octanol–water partition coefficient (Wildman–Crippen LogP) is 1.52. The zero-order valence-corrected chi connectivity index (χ0v) is 12.7. The van der Waals surface area contributed by atoms with Crippen LogP contribution in [0.5, 0.6) is 0 Å². The van der Waals surface area contributed by atoms with Crippen molar-refractivity contribution in [3.63, 3.8) is 0 Å². The second kappa shape index (κ2) is 5.58. The Balaban J connectivity index is 1.74. The third kappa shape index (κ3) is 3.31. The Morgan fingerprint density at radius 2 is 1.81 bits per heavy atom. The monoisotopic (exact) mass is 286 g/mol. The standard InChI is InChI=1S/C16H22N4O/c1-16(2,21)11-19-7-9-20(10-8-19)15-13-5-3-4-6-14(13)17-12-18-15/h3-6,12,21H,7-11H2,1-2H3. The van der Waals surface area contributed by atoms with Gasteiger partial charge < -0.3 is 10.0 Å². The highest BCUT2D eigenvalue weighted by Crippen LogP contribution is 2.23. The van der Waals surface area contributed by atoms with E-state index in [1.165, 1.54) is 0 Å². The first-order valence-electron chi connectivity index (χ1n) is 7.42. The fourth-order valence-corrected chi connectivity index (χ4v) is 2.91. The molecule has 21 heavy (non-hydrogen) atoms. The van der Waals surface area contributed by atoms with Crippen LogP contribution < -0.4 is 4.90 Å². The van der Waals surface area contributed by atoms with Crippen LogP contribution in [0.1, 0.15) is 13.8 Å². The molecule has 1 aromatic carbocycles. The molecule has 0 aliphatic carbocycles. The van der Waals surface area contributed by atoms with Gasteiger partial charge in [0.05, 0.1) is 11.1 Å². The van der Waals surface area contributed by atoms with Crippen LogP contribution in [0.2, 0.25) is 0 Å². The number of hydrogen-bond donors (Lipinski definition) is 1. The third-order valence-corrected chi connectivity index (χ3v) is 3.80. The van der Waals surface area contributed by atoms with Crippen molar-refractivity contribution in [1.82, 2.24) is 14.9 Å². The molecule has 1 N–H and O–H groups in total. The van der Waals surface area contributed by atoms with Gasteiger partial charge in [-0.1, -0.05) is 12.1 Å². The molecule has 1 aliphatic heterocycles. The van der Waals surface area contributed by atoms with Crippen LogP contribution in [0.15, 0.2) is 30.6 Å². The van der Waals surface area contributed by atoms with Gasteiger partial charge in [-0.2, -0.15) is 0 Å². The molecule has 0 saturated carbocycles. The van der Waals surface area contributed by atoms with Crippen LogP contribution in [0.25, 0.3) is 10.9 Å². The quantitative estimate of drug-likeness (QED) is 0.927. The number of fused-ring (bicyclic) bond motifs is 1. The fourth-order valence-electron chi connectivity index (χ4n) is 2.91. The molecule has 1 aliphatic rings. The Hall–Kier alpha value is -1.72. The van der Waals surface area contributed by atoms with E-state index in [1.54, 1.807) is 6.33 Å². The molecular weight excluding hydrogens is 264 g/mol. The normalized spacial score (nSPS) is 17.4. The van der Waals surface area contributed by atoms with E-state index in [-0.39, 0.29) is 0 Å². The number of para-hydroxylation sites is 1. The topological polar surface area (TPSA) is 52.5 Å². The lowest BCUT2D eigenvalue weighted by Gasteiger charge is -2.38. The number of aliphatic hydroxyl groups is 1. The van der Waals surface area contributed by atoms with Gasteiger partial charge in [0.15, 0.2) is 0 Å². The molecule has 2 heterocycles. The SMILES string of the molecule is CC(C)(O)CN1CCN(c2ncnc3ccccc23)CC1. The zero-order chi connectivity index (χ0) is 14.9. The molecule has 0 bridgehead atoms. The Labute approximate surface area is 125 Å². The van der Waals surface area contributed by atoms with Crippen LogP contribution in [-0.4, -0.2) is 58.3 Å². The molecule has 0 atom stereocenters. The molecule has 0 amide bonds. The first-order valence-corrected chi connectivity index (χ1v) is 7.42. The van der Waals surface area contributed by atoms with Crippen LogP contribution in [0, 0.1) is 0 Å². The molecular formula is C16H22N4O. The third-order valence-electron chi connectivity index (χ3n) is 3.80. The summed E-state index contributed by atoms with van der Waals surface area (Å²) in [5, 5.41) is 11.0. The van der Waals surface area contributed by atoms with Gasteiger partial charge in [0, 0.05) is 38.1 Å². The summed E-state index contributed by atoms with van der Waals surface area (Å²) < 4.78 is 0. The molecule has 0 spiro atoms. The first kappa shape index (κ1) is 14.2. The number of rotatable bonds is 3. The van der Waals surface area contributed by atoms with Crippen LogP contribution in [0.3, 0.4) is 0 Å². The van der Waals surface area contributed by atoms with Crippen LogP contribution >= 0.6 is 0 Å². The fraction of sp³-hybridized carbons (Fsp3) is 0.500. The molecule has 1 aromatic heterocycles. The number of β-amino-alcohol motifs (C(OH)–C–C–N with tert-alkyl or cyclic N) is 1. The van der Waals surface area contributed by atoms with Gasteiger partial charge in [0.1, 0.15) is 12.1 Å². The van der Waals surface area contributed by atoms with Crippen molar-refractivity contribution in [2.24, 2.45) is 0 Å². The Morgan fingerprint density at radius 3 is 2.52 bits per heavy atom. The highest BCUT2D eigenvalue weighted by molar-refractivity contribution is 5.89. The summed E-state index contributed by atoms with van der Waals surface area (Å²) in [5.41, 5.74) is 0.352. The molecule has 1 fully saturated rings. The van der Waals surface area contributed by atoms with Crippen molar-refractivity contribution in [3.05, 3.63) is 30.6 Å². The summed E-state index contributed by atoms with van der Waals surface area (Å²) in [7, 11) is 0. The van der Waals surface area contributed by atoms with Gasteiger partial charge >= 0.3 is 0 Å². The van der Waals surface area contributed by atoms with Crippen LogP contribution in [-0.2, 0) is 0 Å². The smallest absolute Gasteiger partial charge is 0.139 e. The van der Waals surface area contributed by atoms with E-state index >= 15 is 0 Å². The maximum Gasteiger partial charge on any atom is 0.139 e. The molecule has 0 unspecified atom stereocenters. The number of aromatic nitrogens is 2. The van der Waals surface area contributed by atoms with E-state index < -0.39 is 5.60 Å². The van der Waals surface area contributed by atoms with Gasteiger partial charge in [-0.3, -0.25) is 4.90 Å². The van der Waals surface area contributed by atoms with E-state index in [9.17, 15) is 5.11 Å². The van der Waals surface area contributed by atoms with Gasteiger partial charge in [-0.15, -0.1) is 0 Å². The van der Waals surface area contributed by atoms with E-state index in [0.717, 1.165) is 42.9 Å². The van der Waals surface area contributed by atoms with E-state index in [4.69, 9.17) is 0 Å². The summed E-state index contributed by atoms with van der Waals surface area (Å²) >= 11 is 0. The van der Waals surface area contributed by atoms with Crippen LogP contribution in [0.4, 0.5) is 5.82 Å². The lowest BCUT2D eigenvalue weighted by molar-refractivity contribution is 0.0345. The molecule has 112 valence electrons. The second-order valence-corrected chi connectivity index (χ2v) is 6.29. The van der Waals surface area contributed by atoms with Crippen molar-refractivity contribution >= 4 is 16.7 Å². The van der Waals surface area contributed by atoms with Crippen molar-refractivity contribution in [1.29, 1.82) is 0 Å². The summed E-state index contributed by atoms with van der Waals surface area (Å²) in [4.78, 5) is 13.4. The highest BCUT2D eigenvalue weighted by atomic mass is 16.3. The summed E-state index contributed by atoms with van der Waals surface area (Å²) in [5.74, 6) is 1.02. The largest absolute Gasteiger partial charge is 0.389 e. The number of nitrogens with zero attached hydrogens (tertiary/aromatic N) is 4. The van der Waals surface area contributed by atoms with Gasteiger partial charge in [0.25, 0.3) is 0 Å². The zero-order valence-electron chi connectivity index (χ0n) is 12.7. The number of anilines is 1. The number of piperazine rings is 1. The van der Waals surface area contributed by atoms with E-state index in [2.05, 4.69) is 25.8 Å². The van der Waals surface area contributed by atoms with Gasteiger partial charge in [-0.05, 0) is 26.0 Å². The minimum absolute atomic E-state index is 0.635. The van der Waals surface area contributed by atoms with Crippen molar-refractivity contribution in [3.8, 4) is 0 Å². The highest BCUT2D eigenvalue weighted by Gasteiger charge is 2.24. The Bertz CT molecular complexity index is 610.